The third-order valence-corrected chi connectivity index (χ3v) is 3.69. The van der Waals surface area contributed by atoms with Crippen LogP contribution in [0.25, 0.3) is 0 Å². The van der Waals surface area contributed by atoms with Crippen molar-refractivity contribution in [2.75, 3.05) is 19.5 Å². The van der Waals surface area contributed by atoms with Gasteiger partial charge in [0, 0.05) is 35.8 Å². The Balaban J connectivity index is 2.17. The first-order chi connectivity index (χ1) is 10.5. The molecule has 1 aliphatic rings. The fourth-order valence-electron chi connectivity index (χ4n) is 2.48. The van der Waals surface area contributed by atoms with Crippen molar-refractivity contribution < 1.29 is 24.2 Å². The highest BCUT2D eigenvalue weighted by molar-refractivity contribution is 5.95. The zero-order chi connectivity index (χ0) is 16.1. The molecule has 0 bridgehead atoms. The molecular formula is C16H18NO5-. The van der Waals surface area contributed by atoms with E-state index >= 15 is 0 Å². The van der Waals surface area contributed by atoms with Gasteiger partial charge in [0.25, 0.3) is 0 Å². The van der Waals surface area contributed by atoms with Gasteiger partial charge in [-0.1, -0.05) is 12.2 Å². The van der Waals surface area contributed by atoms with Crippen LogP contribution in [0.5, 0.6) is 11.5 Å². The average molecular weight is 304 g/mol. The minimum absolute atomic E-state index is 0.307. The number of aliphatic carboxylic acids is 1. The van der Waals surface area contributed by atoms with Crippen LogP contribution in [0, 0.1) is 11.8 Å². The molecule has 0 spiro atoms. The summed E-state index contributed by atoms with van der Waals surface area (Å²) < 4.78 is 10.3. The summed E-state index contributed by atoms with van der Waals surface area (Å²) in [6.45, 7) is 0. The Morgan fingerprint density at radius 1 is 1.05 bits per heavy atom. The Bertz CT molecular complexity index is 574. The quantitative estimate of drug-likeness (QED) is 0.819. The molecule has 0 saturated heterocycles. The number of nitrogens with one attached hydrogen (secondary N) is 1. The Hall–Kier alpha value is -2.50. The number of rotatable bonds is 5. The van der Waals surface area contributed by atoms with Gasteiger partial charge in [0.05, 0.1) is 20.1 Å². The Labute approximate surface area is 128 Å². The average Bonchev–Trinajstić information content (AvgIpc) is 2.54. The number of amides is 1. The van der Waals surface area contributed by atoms with E-state index in [0.29, 0.717) is 30.0 Å². The van der Waals surface area contributed by atoms with E-state index < -0.39 is 17.8 Å². The van der Waals surface area contributed by atoms with Crippen LogP contribution in [0.1, 0.15) is 12.8 Å². The maximum absolute atomic E-state index is 12.4. The van der Waals surface area contributed by atoms with E-state index in [0.717, 1.165) is 0 Å². The Morgan fingerprint density at radius 2 is 1.59 bits per heavy atom. The predicted molar refractivity (Wildman–Crippen MR) is 78.5 cm³/mol. The molecule has 1 N–H and O–H groups in total. The molecule has 1 aromatic rings. The number of ether oxygens (including phenoxy) is 2. The van der Waals surface area contributed by atoms with E-state index in [1.807, 2.05) is 6.08 Å². The maximum atomic E-state index is 12.4. The van der Waals surface area contributed by atoms with Gasteiger partial charge in [-0.15, -0.1) is 0 Å². The molecule has 22 heavy (non-hydrogen) atoms. The number of carbonyl (C=O) groups is 2. The molecule has 6 heteroatoms. The normalized spacial score (nSPS) is 20.3. The summed E-state index contributed by atoms with van der Waals surface area (Å²) in [6, 6.07) is 4.98. The second kappa shape index (κ2) is 6.98. The second-order valence-electron chi connectivity index (χ2n) is 5.07. The van der Waals surface area contributed by atoms with Crippen LogP contribution < -0.4 is 19.9 Å². The van der Waals surface area contributed by atoms with Gasteiger partial charge in [0.15, 0.2) is 0 Å². The van der Waals surface area contributed by atoms with Crippen molar-refractivity contribution in [1.82, 2.24) is 0 Å². The van der Waals surface area contributed by atoms with Crippen molar-refractivity contribution in [2.45, 2.75) is 12.8 Å². The van der Waals surface area contributed by atoms with E-state index in [1.54, 1.807) is 24.3 Å². The summed E-state index contributed by atoms with van der Waals surface area (Å²) in [6.07, 6.45) is 4.27. The first-order valence-electron chi connectivity index (χ1n) is 6.95. The number of carboxylic acid groups (broad SMARTS) is 1. The molecule has 0 aliphatic heterocycles. The summed E-state index contributed by atoms with van der Waals surface area (Å²) in [7, 11) is 3.02. The van der Waals surface area contributed by atoms with Crippen LogP contribution in [-0.4, -0.2) is 26.1 Å². The molecule has 0 fully saturated rings. The minimum Gasteiger partial charge on any atom is -0.550 e. The van der Waals surface area contributed by atoms with Crippen LogP contribution in [-0.2, 0) is 9.59 Å². The van der Waals surface area contributed by atoms with Crippen molar-refractivity contribution in [3.05, 3.63) is 30.4 Å². The smallest absolute Gasteiger partial charge is 0.228 e. The first-order valence-corrected chi connectivity index (χ1v) is 6.95. The van der Waals surface area contributed by atoms with Gasteiger partial charge in [0.2, 0.25) is 5.91 Å². The number of hydrogen-bond donors (Lipinski definition) is 1. The Kier molecular flexibility index (Phi) is 5.04. The van der Waals surface area contributed by atoms with Crippen LogP contribution >= 0.6 is 0 Å². The molecule has 0 heterocycles. The van der Waals surface area contributed by atoms with E-state index in [1.165, 1.54) is 14.2 Å². The lowest BCUT2D eigenvalue weighted by Crippen LogP contribution is -2.41. The molecule has 1 aliphatic carbocycles. The first kappa shape index (κ1) is 15.9. The van der Waals surface area contributed by atoms with Crippen LogP contribution in [0.4, 0.5) is 5.69 Å². The summed E-state index contributed by atoms with van der Waals surface area (Å²) in [5.41, 5.74) is 0.493. The van der Waals surface area contributed by atoms with Crippen molar-refractivity contribution in [3.63, 3.8) is 0 Å². The molecule has 6 nitrogen and oxygen atoms in total. The summed E-state index contributed by atoms with van der Waals surface area (Å²) in [5.74, 6) is -1.93. The van der Waals surface area contributed by atoms with Gasteiger partial charge in [-0.05, 0) is 12.8 Å². The zero-order valence-corrected chi connectivity index (χ0v) is 12.5. The highest BCUT2D eigenvalue weighted by atomic mass is 16.5. The van der Waals surface area contributed by atoms with Gasteiger partial charge in [0.1, 0.15) is 11.5 Å². The van der Waals surface area contributed by atoms with Crippen molar-refractivity contribution in [2.24, 2.45) is 11.8 Å². The number of carbonyl (C=O) groups excluding carboxylic acids is 2. The van der Waals surface area contributed by atoms with Crippen molar-refractivity contribution in [1.29, 1.82) is 0 Å². The molecule has 2 atom stereocenters. The molecule has 1 amide bonds. The van der Waals surface area contributed by atoms with Crippen molar-refractivity contribution >= 4 is 17.6 Å². The standard InChI is InChI=1S/C16H19NO5/c1-21-11-7-10(8-12(9-11)22-2)17-15(18)13-5-3-4-6-14(13)16(19)20/h3-4,7-9,13-14H,5-6H2,1-2H3,(H,17,18)(H,19,20)/p-1/t13-,14-/m0/s1. The van der Waals surface area contributed by atoms with E-state index in [2.05, 4.69) is 5.32 Å². The van der Waals surface area contributed by atoms with Crippen LogP contribution in [0.2, 0.25) is 0 Å². The van der Waals surface area contributed by atoms with E-state index in [4.69, 9.17) is 9.47 Å². The third kappa shape index (κ3) is 3.58. The monoisotopic (exact) mass is 304 g/mol. The molecule has 118 valence electrons. The van der Waals surface area contributed by atoms with Gasteiger partial charge >= 0.3 is 0 Å². The van der Waals surface area contributed by atoms with Gasteiger partial charge < -0.3 is 24.7 Å². The van der Waals surface area contributed by atoms with E-state index in [-0.39, 0.29) is 5.91 Å². The summed E-state index contributed by atoms with van der Waals surface area (Å²) in [4.78, 5) is 23.5. The van der Waals surface area contributed by atoms with E-state index in [9.17, 15) is 14.7 Å². The molecule has 0 radical (unpaired) electrons. The van der Waals surface area contributed by atoms with Gasteiger partial charge in [-0.2, -0.15) is 0 Å². The lowest BCUT2D eigenvalue weighted by atomic mass is 9.82. The number of allylic oxidation sites excluding steroid dienone is 2. The molecular weight excluding hydrogens is 286 g/mol. The van der Waals surface area contributed by atoms with Crippen LogP contribution in [0.3, 0.4) is 0 Å². The lowest BCUT2D eigenvalue weighted by molar-refractivity contribution is -0.313. The topological polar surface area (TPSA) is 87.7 Å². The maximum Gasteiger partial charge on any atom is 0.228 e. The summed E-state index contributed by atoms with van der Waals surface area (Å²) in [5, 5.41) is 13.9. The zero-order valence-electron chi connectivity index (χ0n) is 12.5. The molecule has 1 aromatic carbocycles. The number of benzene rings is 1. The number of carboxylic acids is 1. The summed E-state index contributed by atoms with van der Waals surface area (Å²) >= 11 is 0. The highest BCUT2D eigenvalue weighted by Gasteiger charge is 2.29. The largest absolute Gasteiger partial charge is 0.550 e. The highest BCUT2D eigenvalue weighted by Crippen LogP contribution is 2.29. The van der Waals surface area contributed by atoms with Crippen molar-refractivity contribution in [3.8, 4) is 11.5 Å². The SMILES string of the molecule is COc1cc(NC(=O)[C@H]2CC=CC[C@@H]2C(=O)[O-])cc(OC)c1. The van der Waals surface area contributed by atoms with Crippen LogP contribution in [0.15, 0.2) is 30.4 Å². The fraction of sp³-hybridized carbons (Fsp3) is 0.375. The van der Waals surface area contributed by atoms with Gasteiger partial charge in [-0.3, -0.25) is 4.79 Å². The molecule has 2 rings (SSSR count). The van der Waals surface area contributed by atoms with Gasteiger partial charge in [-0.25, -0.2) is 0 Å². The minimum atomic E-state index is -1.20. The second-order valence-corrected chi connectivity index (χ2v) is 5.07. The third-order valence-electron chi connectivity index (χ3n) is 3.69. The number of methoxy groups -OCH3 is 2. The molecule has 0 saturated carbocycles. The molecule has 0 aromatic heterocycles. The number of hydrogen-bond acceptors (Lipinski definition) is 5. The predicted octanol–water partition coefficient (Wildman–Crippen LogP) is 0.975. The Morgan fingerprint density at radius 3 is 2.09 bits per heavy atom. The molecule has 0 unspecified atom stereocenters. The lowest BCUT2D eigenvalue weighted by Gasteiger charge is -2.28. The fourth-order valence-corrected chi connectivity index (χ4v) is 2.48. The number of anilines is 1.